The van der Waals surface area contributed by atoms with Gasteiger partial charge in [0.1, 0.15) is 0 Å². The van der Waals surface area contributed by atoms with Gasteiger partial charge in [-0.1, -0.05) is 25.5 Å². The minimum Gasteiger partial charge on any atom is -0.281 e. The second kappa shape index (κ2) is 2.84. The molecule has 2 saturated carbocycles. The van der Waals surface area contributed by atoms with Crippen molar-refractivity contribution in [3.05, 3.63) is 11.6 Å². The molecule has 0 aromatic carbocycles. The molecule has 2 heteroatoms. The third-order valence-corrected chi connectivity index (χ3v) is 3.80. The SMILES string of the molecule is CC1(C)[C@@H](C=C2CCC2)[C@@H]1C(=O)Cl. The van der Waals surface area contributed by atoms with Crippen LogP contribution in [0.25, 0.3) is 0 Å². The molecule has 2 rings (SSSR count). The largest absolute Gasteiger partial charge is 0.281 e. The Morgan fingerprint density at radius 1 is 1.54 bits per heavy atom. The van der Waals surface area contributed by atoms with Crippen molar-refractivity contribution in [2.24, 2.45) is 17.3 Å². The molecule has 0 unspecified atom stereocenters. The molecule has 0 radical (unpaired) electrons. The highest BCUT2D eigenvalue weighted by Crippen LogP contribution is 2.60. The first-order chi connectivity index (χ1) is 6.03. The lowest BCUT2D eigenvalue weighted by Crippen LogP contribution is -1.98. The average molecular weight is 199 g/mol. The van der Waals surface area contributed by atoms with E-state index in [0.29, 0.717) is 5.92 Å². The number of allylic oxidation sites excluding steroid dienone is 2. The zero-order chi connectivity index (χ0) is 9.64. The van der Waals surface area contributed by atoms with E-state index in [0.717, 1.165) is 0 Å². The number of hydrogen-bond acceptors (Lipinski definition) is 1. The van der Waals surface area contributed by atoms with Crippen molar-refractivity contribution in [1.82, 2.24) is 0 Å². The molecule has 0 saturated heterocycles. The van der Waals surface area contributed by atoms with Crippen molar-refractivity contribution >= 4 is 16.8 Å². The van der Waals surface area contributed by atoms with Crippen LogP contribution in [-0.2, 0) is 4.79 Å². The van der Waals surface area contributed by atoms with Crippen LogP contribution in [0.5, 0.6) is 0 Å². The summed E-state index contributed by atoms with van der Waals surface area (Å²) in [4.78, 5) is 11.1. The average Bonchev–Trinajstić information content (AvgIpc) is 2.44. The molecule has 0 amide bonds. The summed E-state index contributed by atoms with van der Waals surface area (Å²) in [6, 6.07) is 0. The Kier molecular flexibility index (Phi) is 2.03. The zero-order valence-electron chi connectivity index (χ0n) is 8.14. The molecule has 13 heavy (non-hydrogen) atoms. The first-order valence-corrected chi connectivity index (χ1v) is 5.30. The molecule has 2 aliphatic rings. The summed E-state index contributed by atoms with van der Waals surface area (Å²) >= 11 is 5.53. The van der Waals surface area contributed by atoms with Crippen molar-refractivity contribution in [3.8, 4) is 0 Å². The maximum atomic E-state index is 11.1. The summed E-state index contributed by atoms with van der Waals surface area (Å²) in [7, 11) is 0. The first-order valence-electron chi connectivity index (χ1n) is 4.92. The lowest BCUT2D eigenvalue weighted by atomic mass is 9.90. The quantitative estimate of drug-likeness (QED) is 0.492. The van der Waals surface area contributed by atoms with Crippen molar-refractivity contribution in [2.45, 2.75) is 33.1 Å². The van der Waals surface area contributed by atoms with Gasteiger partial charge in [0.25, 0.3) is 0 Å². The van der Waals surface area contributed by atoms with Crippen LogP contribution < -0.4 is 0 Å². The predicted molar refractivity (Wildman–Crippen MR) is 53.6 cm³/mol. The summed E-state index contributed by atoms with van der Waals surface area (Å²) in [6.07, 6.45) is 6.07. The second-order valence-electron chi connectivity index (χ2n) is 4.81. The van der Waals surface area contributed by atoms with E-state index in [1.54, 1.807) is 0 Å². The summed E-state index contributed by atoms with van der Waals surface area (Å²) in [6.45, 7) is 4.25. The zero-order valence-corrected chi connectivity index (χ0v) is 8.90. The van der Waals surface area contributed by atoms with Gasteiger partial charge in [-0.3, -0.25) is 4.79 Å². The summed E-state index contributed by atoms with van der Waals surface area (Å²) in [5, 5.41) is -0.161. The fourth-order valence-electron chi connectivity index (χ4n) is 2.22. The smallest absolute Gasteiger partial charge is 0.225 e. The summed E-state index contributed by atoms with van der Waals surface area (Å²) in [5.74, 6) is 0.482. The lowest BCUT2D eigenvalue weighted by Gasteiger charge is -2.16. The van der Waals surface area contributed by atoms with E-state index >= 15 is 0 Å². The standard InChI is InChI=1S/C11H15ClO/c1-11(2)8(9(11)10(12)13)6-7-4-3-5-7/h6,8-9H,3-5H2,1-2H3/t8-,9+/m0/s1. The van der Waals surface area contributed by atoms with Crippen LogP contribution in [-0.4, -0.2) is 5.24 Å². The van der Waals surface area contributed by atoms with Crippen LogP contribution in [0.1, 0.15) is 33.1 Å². The molecule has 0 bridgehead atoms. The monoisotopic (exact) mass is 198 g/mol. The van der Waals surface area contributed by atoms with Gasteiger partial charge in [-0.2, -0.15) is 0 Å². The fraction of sp³-hybridized carbons (Fsp3) is 0.727. The van der Waals surface area contributed by atoms with E-state index in [-0.39, 0.29) is 16.6 Å². The Hall–Kier alpha value is -0.300. The molecule has 2 aliphatic carbocycles. The third kappa shape index (κ3) is 1.43. The van der Waals surface area contributed by atoms with Crippen LogP contribution in [0.15, 0.2) is 11.6 Å². The Morgan fingerprint density at radius 3 is 2.46 bits per heavy atom. The van der Waals surface area contributed by atoms with Gasteiger partial charge in [0.2, 0.25) is 5.24 Å². The van der Waals surface area contributed by atoms with Gasteiger partial charge in [-0.15, -0.1) is 0 Å². The highest BCUT2D eigenvalue weighted by atomic mass is 35.5. The van der Waals surface area contributed by atoms with Gasteiger partial charge in [-0.05, 0) is 42.2 Å². The van der Waals surface area contributed by atoms with Gasteiger partial charge >= 0.3 is 0 Å². The van der Waals surface area contributed by atoms with E-state index in [2.05, 4.69) is 19.9 Å². The topological polar surface area (TPSA) is 17.1 Å². The molecule has 72 valence electrons. The van der Waals surface area contributed by atoms with Crippen LogP contribution in [0, 0.1) is 17.3 Å². The highest BCUT2D eigenvalue weighted by molar-refractivity contribution is 6.64. The van der Waals surface area contributed by atoms with Gasteiger partial charge in [0.15, 0.2) is 0 Å². The molecule has 0 spiro atoms. The Morgan fingerprint density at radius 2 is 2.15 bits per heavy atom. The van der Waals surface area contributed by atoms with E-state index in [4.69, 9.17) is 11.6 Å². The third-order valence-electron chi connectivity index (χ3n) is 3.57. The molecule has 0 heterocycles. The number of halogens is 1. The fourth-order valence-corrected chi connectivity index (χ4v) is 2.64. The van der Waals surface area contributed by atoms with Crippen molar-refractivity contribution in [2.75, 3.05) is 0 Å². The van der Waals surface area contributed by atoms with Crippen LogP contribution in [0.4, 0.5) is 0 Å². The highest BCUT2D eigenvalue weighted by Gasteiger charge is 2.59. The Bertz CT molecular complexity index is 272. The Labute approximate surface area is 84.2 Å². The molecule has 0 N–H and O–H groups in total. The normalized spacial score (nSPS) is 35.2. The lowest BCUT2D eigenvalue weighted by molar-refractivity contribution is -0.113. The molecule has 0 aliphatic heterocycles. The number of carbonyl (C=O) groups excluding carboxylic acids is 1. The number of carbonyl (C=O) groups is 1. The van der Waals surface area contributed by atoms with Crippen LogP contribution in [0.2, 0.25) is 0 Å². The van der Waals surface area contributed by atoms with E-state index in [1.807, 2.05) is 0 Å². The molecular weight excluding hydrogens is 184 g/mol. The van der Waals surface area contributed by atoms with Gasteiger partial charge in [0, 0.05) is 5.92 Å². The maximum Gasteiger partial charge on any atom is 0.225 e. The van der Waals surface area contributed by atoms with E-state index in [9.17, 15) is 4.79 Å². The minimum absolute atomic E-state index is 0.0715. The van der Waals surface area contributed by atoms with Gasteiger partial charge in [0.05, 0.1) is 0 Å². The molecule has 0 aromatic heterocycles. The molecular formula is C11H15ClO. The molecule has 0 aromatic rings. The van der Waals surface area contributed by atoms with Crippen molar-refractivity contribution < 1.29 is 4.79 Å². The van der Waals surface area contributed by atoms with E-state index < -0.39 is 0 Å². The van der Waals surface area contributed by atoms with E-state index in [1.165, 1.54) is 24.8 Å². The number of hydrogen-bond donors (Lipinski definition) is 0. The molecule has 2 atom stereocenters. The summed E-state index contributed by atoms with van der Waals surface area (Å²) < 4.78 is 0. The van der Waals surface area contributed by atoms with Crippen LogP contribution >= 0.6 is 11.6 Å². The van der Waals surface area contributed by atoms with Gasteiger partial charge in [-0.25, -0.2) is 0 Å². The summed E-state index contributed by atoms with van der Waals surface area (Å²) in [5.41, 5.74) is 1.64. The number of rotatable bonds is 2. The van der Waals surface area contributed by atoms with Crippen molar-refractivity contribution in [3.63, 3.8) is 0 Å². The Balaban J connectivity index is 2.06. The predicted octanol–water partition coefficient (Wildman–Crippen LogP) is 3.13. The minimum atomic E-state index is -0.161. The molecule has 1 nitrogen and oxygen atoms in total. The maximum absolute atomic E-state index is 11.1. The first kappa shape index (κ1) is 9.26. The van der Waals surface area contributed by atoms with Crippen LogP contribution in [0.3, 0.4) is 0 Å². The van der Waals surface area contributed by atoms with Crippen molar-refractivity contribution in [1.29, 1.82) is 0 Å². The second-order valence-corrected chi connectivity index (χ2v) is 5.18. The molecule has 2 fully saturated rings. The van der Waals surface area contributed by atoms with Gasteiger partial charge < -0.3 is 0 Å².